The average Bonchev–Trinajstić information content (AvgIpc) is 3.20. The first-order chi connectivity index (χ1) is 8.70. The smallest absolute Gasteiger partial charge is 0.119 e. The van der Waals surface area contributed by atoms with Crippen molar-refractivity contribution in [3.63, 3.8) is 0 Å². The fraction of sp³-hybridized carbons (Fsp3) is 0.625. The largest absolute Gasteiger partial charge is 0.494 e. The average molecular weight is 247 g/mol. The quantitative estimate of drug-likeness (QED) is 0.793. The third-order valence-corrected chi connectivity index (χ3v) is 3.70. The lowest BCUT2D eigenvalue weighted by Crippen LogP contribution is -2.32. The van der Waals surface area contributed by atoms with Crippen LogP contribution in [0.15, 0.2) is 24.3 Å². The molecule has 1 N–H and O–H groups in total. The standard InChI is InChI=1S/C16H25NO/c1-4-11-18-16-9-5-14(6-10-16)12(2)13(3)17-15-7-8-15/h5-6,9-10,12-13,15,17H,4,7-8,11H2,1-3H3. The topological polar surface area (TPSA) is 21.3 Å². The Hall–Kier alpha value is -1.02. The third kappa shape index (κ3) is 3.74. The van der Waals surface area contributed by atoms with Gasteiger partial charge in [-0.3, -0.25) is 0 Å². The van der Waals surface area contributed by atoms with Crippen molar-refractivity contribution < 1.29 is 4.74 Å². The van der Waals surface area contributed by atoms with Gasteiger partial charge < -0.3 is 10.1 Å². The molecule has 2 atom stereocenters. The molecule has 18 heavy (non-hydrogen) atoms. The van der Waals surface area contributed by atoms with E-state index in [1.165, 1.54) is 18.4 Å². The molecule has 100 valence electrons. The van der Waals surface area contributed by atoms with Crippen LogP contribution in [0.3, 0.4) is 0 Å². The monoisotopic (exact) mass is 247 g/mol. The van der Waals surface area contributed by atoms with Crippen LogP contribution in [0.4, 0.5) is 0 Å². The van der Waals surface area contributed by atoms with E-state index in [1.54, 1.807) is 0 Å². The first-order valence-corrected chi connectivity index (χ1v) is 7.19. The number of nitrogens with one attached hydrogen (secondary N) is 1. The van der Waals surface area contributed by atoms with Gasteiger partial charge in [-0.15, -0.1) is 0 Å². The molecular weight excluding hydrogens is 222 g/mol. The fourth-order valence-corrected chi connectivity index (χ4v) is 2.14. The Bertz CT molecular complexity index is 356. The Kier molecular flexibility index (Phi) is 4.65. The second kappa shape index (κ2) is 6.24. The van der Waals surface area contributed by atoms with Crippen molar-refractivity contribution in [1.82, 2.24) is 5.32 Å². The molecule has 0 bridgehead atoms. The first kappa shape index (κ1) is 13.4. The Morgan fingerprint density at radius 1 is 1.22 bits per heavy atom. The summed E-state index contributed by atoms with van der Waals surface area (Å²) in [7, 11) is 0. The van der Waals surface area contributed by atoms with Crippen molar-refractivity contribution in [1.29, 1.82) is 0 Å². The minimum Gasteiger partial charge on any atom is -0.494 e. The molecule has 0 spiro atoms. The zero-order chi connectivity index (χ0) is 13.0. The zero-order valence-corrected chi connectivity index (χ0v) is 11.8. The summed E-state index contributed by atoms with van der Waals surface area (Å²) in [6.07, 6.45) is 3.75. The van der Waals surface area contributed by atoms with Crippen LogP contribution in [0.5, 0.6) is 5.75 Å². The van der Waals surface area contributed by atoms with Crippen molar-refractivity contribution in [2.75, 3.05) is 6.61 Å². The molecule has 1 saturated carbocycles. The van der Waals surface area contributed by atoms with Crippen LogP contribution in [0.25, 0.3) is 0 Å². The maximum atomic E-state index is 5.61. The van der Waals surface area contributed by atoms with Crippen LogP contribution < -0.4 is 10.1 Å². The zero-order valence-electron chi connectivity index (χ0n) is 11.8. The van der Waals surface area contributed by atoms with Gasteiger partial charge in [-0.2, -0.15) is 0 Å². The molecule has 1 fully saturated rings. The second-order valence-corrected chi connectivity index (χ2v) is 5.44. The lowest BCUT2D eigenvalue weighted by atomic mass is 9.94. The SMILES string of the molecule is CCCOc1ccc(C(C)C(C)NC2CC2)cc1. The fourth-order valence-electron chi connectivity index (χ4n) is 2.14. The summed E-state index contributed by atoms with van der Waals surface area (Å²) in [4.78, 5) is 0. The molecule has 2 nitrogen and oxygen atoms in total. The Morgan fingerprint density at radius 2 is 1.89 bits per heavy atom. The summed E-state index contributed by atoms with van der Waals surface area (Å²) in [6, 6.07) is 9.88. The van der Waals surface area contributed by atoms with E-state index in [1.807, 2.05) is 0 Å². The maximum absolute atomic E-state index is 5.61. The maximum Gasteiger partial charge on any atom is 0.119 e. The van der Waals surface area contributed by atoms with Crippen molar-refractivity contribution in [3.05, 3.63) is 29.8 Å². The molecule has 1 aliphatic carbocycles. The van der Waals surface area contributed by atoms with Gasteiger partial charge in [0, 0.05) is 12.1 Å². The van der Waals surface area contributed by atoms with Gasteiger partial charge in [-0.25, -0.2) is 0 Å². The highest BCUT2D eigenvalue weighted by molar-refractivity contribution is 5.30. The molecule has 2 unspecified atom stereocenters. The van der Waals surface area contributed by atoms with Crippen LogP contribution in [0.1, 0.15) is 51.5 Å². The van der Waals surface area contributed by atoms with E-state index in [2.05, 4.69) is 50.4 Å². The van der Waals surface area contributed by atoms with Gasteiger partial charge >= 0.3 is 0 Å². The summed E-state index contributed by atoms with van der Waals surface area (Å²) >= 11 is 0. The highest BCUT2D eigenvalue weighted by atomic mass is 16.5. The predicted octanol–water partition coefficient (Wildman–Crippen LogP) is 3.72. The minimum atomic E-state index is 0.542. The normalized spacial score (nSPS) is 18.4. The molecule has 1 aromatic carbocycles. The van der Waals surface area contributed by atoms with E-state index in [-0.39, 0.29) is 0 Å². The molecule has 0 amide bonds. The van der Waals surface area contributed by atoms with Crippen LogP contribution >= 0.6 is 0 Å². The Balaban J connectivity index is 1.90. The molecule has 0 aromatic heterocycles. The molecule has 1 aromatic rings. The molecule has 2 heteroatoms. The predicted molar refractivity (Wildman–Crippen MR) is 76.3 cm³/mol. The Labute approximate surface area is 111 Å². The lowest BCUT2D eigenvalue weighted by Gasteiger charge is -2.22. The summed E-state index contributed by atoms with van der Waals surface area (Å²) in [5.74, 6) is 1.53. The number of rotatable bonds is 7. The van der Waals surface area contributed by atoms with Gasteiger partial charge in [0.1, 0.15) is 5.75 Å². The van der Waals surface area contributed by atoms with Crippen molar-refractivity contribution >= 4 is 0 Å². The molecule has 0 heterocycles. The van der Waals surface area contributed by atoms with Gasteiger partial charge in [-0.1, -0.05) is 26.0 Å². The lowest BCUT2D eigenvalue weighted by molar-refractivity contribution is 0.317. The molecule has 0 radical (unpaired) electrons. The van der Waals surface area contributed by atoms with E-state index in [4.69, 9.17) is 4.74 Å². The first-order valence-electron chi connectivity index (χ1n) is 7.19. The van der Waals surface area contributed by atoms with Gasteiger partial charge in [0.05, 0.1) is 6.61 Å². The molecule has 0 aliphatic heterocycles. The van der Waals surface area contributed by atoms with Crippen LogP contribution in [0.2, 0.25) is 0 Å². The van der Waals surface area contributed by atoms with Crippen molar-refractivity contribution in [3.8, 4) is 5.75 Å². The van der Waals surface area contributed by atoms with E-state index < -0.39 is 0 Å². The number of benzene rings is 1. The van der Waals surface area contributed by atoms with E-state index in [9.17, 15) is 0 Å². The van der Waals surface area contributed by atoms with Crippen molar-refractivity contribution in [2.45, 2.75) is 58.0 Å². The van der Waals surface area contributed by atoms with Gasteiger partial charge in [0.15, 0.2) is 0 Å². The summed E-state index contributed by atoms with van der Waals surface area (Å²) in [6.45, 7) is 7.50. The highest BCUT2D eigenvalue weighted by Crippen LogP contribution is 2.26. The summed E-state index contributed by atoms with van der Waals surface area (Å²) in [5, 5.41) is 3.67. The Morgan fingerprint density at radius 3 is 2.44 bits per heavy atom. The second-order valence-electron chi connectivity index (χ2n) is 5.44. The van der Waals surface area contributed by atoms with Crippen LogP contribution in [-0.2, 0) is 0 Å². The number of ether oxygens (including phenoxy) is 1. The van der Waals surface area contributed by atoms with E-state index >= 15 is 0 Å². The van der Waals surface area contributed by atoms with Crippen LogP contribution in [0, 0.1) is 0 Å². The third-order valence-electron chi connectivity index (χ3n) is 3.70. The van der Waals surface area contributed by atoms with Gasteiger partial charge in [0.2, 0.25) is 0 Å². The molecule has 2 rings (SSSR count). The number of hydrogen-bond acceptors (Lipinski definition) is 2. The minimum absolute atomic E-state index is 0.542. The highest BCUT2D eigenvalue weighted by Gasteiger charge is 2.25. The van der Waals surface area contributed by atoms with Crippen LogP contribution in [-0.4, -0.2) is 18.7 Å². The van der Waals surface area contributed by atoms with Gasteiger partial charge in [-0.05, 0) is 49.8 Å². The molecule has 1 aliphatic rings. The summed E-state index contributed by atoms with van der Waals surface area (Å²) in [5.41, 5.74) is 1.39. The van der Waals surface area contributed by atoms with E-state index in [0.29, 0.717) is 12.0 Å². The molecular formula is C16H25NO. The van der Waals surface area contributed by atoms with Crippen molar-refractivity contribution in [2.24, 2.45) is 0 Å². The number of hydrogen-bond donors (Lipinski definition) is 1. The molecule has 0 saturated heterocycles. The van der Waals surface area contributed by atoms with Gasteiger partial charge in [0.25, 0.3) is 0 Å². The van der Waals surface area contributed by atoms with E-state index in [0.717, 1.165) is 24.8 Å². The summed E-state index contributed by atoms with van der Waals surface area (Å²) < 4.78 is 5.61.